The number of hydrogen-bond acceptors (Lipinski definition) is 2. The number of piperidine rings is 1. The van der Waals surface area contributed by atoms with E-state index in [4.69, 9.17) is 4.74 Å². The zero-order valence-corrected chi connectivity index (χ0v) is 12.4. The van der Waals surface area contributed by atoms with Gasteiger partial charge in [-0.1, -0.05) is 30.3 Å². The van der Waals surface area contributed by atoms with Gasteiger partial charge in [-0.25, -0.2) is 0 Å². The summed E-state index contributed by atoms with van der Waals surface area (Å²) >= 11 is 0. The molecule has 1 atom stereocenters. The van der Waals surface area contributed by atoms with Crippen molar-refractivity contribution in [3.8, 4) is 0 Å². The molecular weight excluding hydrogens is 250 g/mol. The summed E-state index contributed by atoms with van der Waals surface area (Å²) in [4.78, 5) is 14.1. The maximum absolute atomic E-state index is 12.0. The third-order valence-electron chi connectivity index (χ3n) is 4.06. The standard InChI is InChI=1S/C17H25NO2/c1-20-14-17(19)18-13-6-5-11-16(18)12-7-10-15-8-3-2-4-9-15/h2-4,8-9,16H,5-7,10-14H2,1H3. The number of methoxy groups -OCH3 is 1. The van der Waals surface area contributed by atoms with Gasteiger partial charge >= 0.3 is 0 Å². The lowest BCUT2D eigenvalue weighted by atomic mass is 9.96. The van der Waals surface area contributed by atoms with Gasteiger partial charge in [-0.05, 0) is 44.1 Å². The maximum atomic E-state index is 12.0. The van der Waals surface area contributed by atoms with E-state index >= 15 is 0 Å². The second-order valence-corrected chi connectivity index (χ2v) is 5.55. The molecule has 1 aromatic rings. The Morgan fingerprint density at radius 1 is 1.30 bits per heavy atom. The normalized spacial score (nSPS) is 19.1. The molecule has 20 heavy (non-hydrogen) atoms. The summed E-state index contributed by atoms with van der Waals surface area (Å²) in [6.45, 7) is 1.12. The highest BCUT2D eigenvalue weighted by molar-refractivity contribution is 5.77. The van der Waals surface area contributed by atoms with Crippen molar-refractivity contribution in [1.29, 1.82) is 0 Å². The lowest BCUT2D eigenvalue weighted by Gasteiger charge is -2.35. The molecule has 2 rings (SSSR count). The number of benzene rings is 1. The average molecular weight is 275 g/mol. The summed E-state index contributed by atoms with van der Waals surface area (Å²) in [5.41, 5.74) is 1.39. The van der Waals surface area contributed by atoms with E-state index in [0.717, 1.165) is 38.6 Å². The number of ether oxygens (including phenoxy) is 1. The largest absolute Gasteiger partial charge is 0.375 e. The number of rotatable bonds is 6. The van der Waals surface area contributed by atoms with Crippen LogP contribution in [-0.4, -0.2) is 37.1 Å². The first-order chi connectivity index (χ1) is 9.81. The highest BCUT2D eigenvalue weighted by Crippen LogP contribution is 2.22. The summed E-state index contributed by atoms with van der Waals surface area (Å²) in [5, 5.41) is 0. The number of amides is 1. The van der Waals surface area contributed by atoms with E-state index in [9.17, 15) is 4.79 Å². The molecule has 1 heterocycles. The van der Waals surface area contributed by atoms with E-state index in [0.29, 0.717) is 6.04 Å². The van der Waals surface area contributed by atoms with Gasteiger partial charge in [-0.3, -0.25) is 4.79 Å². The number of hydrogen-bond donors (Lipinski definition) is 0. The Bertz CT molecular complexity index is 405. The van der Waals surface area contributed by atoms with Gasteiger partial charge in [0, 0.05) is 19.7 Å². The van der Waals surface area contributed by atoms with E-state index in [1.54, 1.807) is 7.11 Å². The minimum Gasteiger partial charge on any atom is -0.375 e. The van der Waals surface area contributed by atoms with E-state index in [1.165, 1.54) is 12.0 Å². The van der Waals surface area contributed by atoms with Crippen LogP contribution in [0.5, 0.6) is 0 Å². The van der Waals surface area contributed by atoms with Gasteiger partial charge < -0.3 is 9.64 Å². The molecule has 3 nitrogen and oxygen atoms in total. The zero-order valence-electron chi connectivity index (χ0n) is 12.4. The molecule has 0 aliphatic carbocycles. The molecule has 1 aliphatic heterocycles. The Morgan fingerprint density at radius 3 is 2.85 bits per heavy atom. The Hall–Kier alpha value is -1.35. The Morgan fingerprint density at radius 2 is 2.10 bits per heavy atom. The third-order valence-corrected chi connectivity index (χ3v) is 4.06. The van der Waals surface area contributed by atoms with Gasteiger partial charge in [-0.15, -0.1) is 0 Å². The third kappa shape index (κ3) is 4.34. The molecule has 1 saturated heterocycles. The summed E-state index contributed by atoms with van der Waals surface area (Å²) < 4.78 is 4.99. The van der Waals surface area contributed by atoms with Crippen LogP contribution in [0.15, 0.2) is 30.3 Å². The van der Waals surface area contributed by atoms with E-state index in [2.05, 4.69) is 30.3 Å². The minimum absolute atomic E-state index is 0.150. The molecule has 1 unspecified atom stereocenters. The summed E-state index contributed by atoms with van der Waals surface area (Å²) in [5.74, 6) is 0.150. The Kier molecular flexibility index (Phi) is 6.06. The van der Waals surface area contributed by atoms with Crippen molar-refractivity contribution in [3.05, 3.63) is 35.9 Å². The Balaban J connectivity index is 1.81. The van der Waals surface area contributed by atoms with E-state index in [1.807, 2.05) is 4.90 Å². The fourth-order valence-corrected chi connectivity index (χ4v) is 3.02. The van der Waals surface area contributed by atoms with Crippen LogP contribution in [0, 0.1) is 0 Å². The summed E-state index contributed by atoms with van der Waals surface area (Å²) in [6, 6.07) is 11.0. The smallest absolute Gasteiger partial charge is 0.248 e. The van der Waals surface area contributed by atoms with Crippen LogP contribution < -0.4 is 0 Å². The first-order valence-corrected chi connectivity index (χ1v) is 7.63. The topological polar surface area (TPSA) is 29.5 Å². The van der Waals surface area contributed by atoms with E-state index in [-0.39, 0.29) is 12.5 Å². The van der Waals surface area contributed by atoms with Crippen molar-refractivity contribution in [3.63, 3.8) is 0 Å². The highest BCUT2D eigenvalue weighted by Gasteiger charge is 2.25. The van der Waals surface area contributed by atoms with Crippen LogP contribution in [0.2, 0.25) is 0 Å². The molecule has 1 aliphatic rings. The van der Waals surface area contributed by atoms with Crippen molar-refractivity contribution >= 4 is 5.91 Å². The molecular formula is C17H25NO2. The minimum atomic E-state index is 0.150. The second-order valence-electron chi connectivity index (χ2n) is 5.55. The second kappa shape index (κ2) is 8.05. The van der Waals surface area contributed by atoms with E-state index < -0.39 is 0 Å². The van der Waals surface area contributed by atoms with Crippen LogP contribution in [0.25, 0.3) is 0 Å². The van der Waals surface area contributed by atoms with Crippen molar-refractivity contribution in [2.75, 3.05) is 20.3 Å². The lowest BCUT2D eigenvalue weighted by Crippen LogP contribution is -2.45. The van der Waals surface area contributed by atoms with Gasteiger partial charge in [0.2, 0.25) is 5.91 Å². The van der Waals surface area contributed by atoms with Crippen molar-refractivity contribution in [2.45, 2.75) is 44.6 Å². The van der Waals surface area contributed by atoms with Gasteiger partial charge in [0.05, 0.1) is 0 Å². The number of carbonyl (C=O) groups is 1. The highest BCUT2D eigenvalue weighted by atomic mass is 16.5. The molecule has 0 bridgehead atoms. The Labute approximate surface area is 121 Å². The van der Waals surface area contributed by atoms with Gasteiger partial charge in [-0.2, -0.15) is 0 Å². The van der Waals surface area contributed by atoms with Crippen molar-refractivity contribution < 1.29 is 9.53 Å². The number of carbonyl (C=O) groups excluding carboxylic acids is 1. The van der Waals surface area contributed by atoms with Gasteiger partial charge in [0.25, 0.3) is 0 Å². The summed E-state index contributed by atoms with van der Waals surface area (Å²) in [7, 11) is 1.59. The van der Waals surface area contributed by atoms with Crippen LogP contribution in [0.3, 0.4) is 0 Å². The average Bonchev–Trinajstić information content (AvgIpc) is 2.49. The number of aryl methyl sites for hydroxylation is 1. The summed E-state index contributed by atoms with van der Waals surface area (Å²) in [6.07, 6.45) is 6.86. The number of likely N-dealkylation sites (tertiary alicyclic amines) is 1. The van der Waals surface area contributed by atoms with Gasteiger partial charge in [0.15, 0.2) is 0 Å². The molecule has 1 fully saturated rings. The zero-order chi connectivity index (χ0) is 14.2. The lowest BCUT2D eigenvalue weighted by molar-refractivity contribution is -0.139. The monoisotopic (exact) mass is 275 g/mol. The van der Waals surface area contributed by atoms with Crippen molar-refractivity contribution in [2.24, 2.45) is 0 Å². The molecule has 0 radical (unpaired) electrons. The van der Waals surface area contributed by atoms with Crippen LogP contribution in [0.1, 0.15) is 37.7 Å². The predicted octanol–water partition coefficient (Wildman–Crippen LogP) is 3.04. The molecule has 0 N–H and O–H groups in total. The quantitative estimate of drug-likeness (QED) is 0.798. The SMILES string of the molecule is COCC(=O)N1CCCCC1CCCc1ccccc1. The van der Waals surface area contributed by atoms with Crippen LogP contribution in [0.4, 0.5) is 0 Å². The molecule has 0 aromatic heterocycles. The van der Waals surface area contributed by atoms with Crippen LogP contribution >= 0.6 is 0 Å². The molecule has 0 spiro atoms. The molecule has 0 saturated carbocycles. The fraction of sp³-hybridized carbons (Fsp3) is 0.588. The maximum Gasteiger partial charge on any atom is 0.248 e. The first kappa shape index (κ1) is 15.0. The molecule has 1 aromatic carbocycles. The number of nitrogens with zero attached hydrogens (tertiary/aromatic N) is 1. The first-order valence-electron chi connectivity index (χ1n) is 7.63. The van der Waals surface area contributed by atoms with Crippen LogP contribution in [-0.2, 0) is 16.0 Å². The molecule has 110 valence electrons. The molecule has 3 heteroatoms. The predicted molar refractivity (Wildman–Crippen MR) is 80.6 cm³/mol. The van der Waals surface area contributed by atoms with Crippen molar-refractivity contribution in [1.82, 2.24) is 4.90 Å². The van der Waals surface area contributed by atoms with Gasteiger partial charge in [0.1, 0.15) is 6.61 Å². The fourth-order valence-electron chi connectivity index (χ4n) is 3.02. The molecule has 1 amide bonds.